The first-order valence-corrected chi connectivity index (χ1v) is 9.02. The van der Waals surface area contributed by atoms with E-state index in [9.17, 15) is 9.59 Å². The monoisotopic (exact) mass is 376 g/mol. The van der Waals surface area contributed by atoms with Crippen LogP contribution in [0.1, 0.15) is 28.2 Å². The second kappa shape index (κ2) is 8.66. The molecular weight excluding hydrogens is 352 g/mol. The fraction of sp³-hybridized carbons (Fsp3) is 0.389. The summed E-state index contributed by atoms with van der Waals surface area (Å²) in [5, 5.41) is 5.83. The molecular formula is C18H24N4O3S. The summed E-state index contributed by atoms with van der Waals surface area (Å²) < 4.78 is 4.75. The molecule has 0 saturated heterocycles. The third-order valence-corrected chi connectivity index (χ3v) is 4.92. The summed E-state index contributed by atoms with van der Waals surface area (Å²) in [6, 6.07) is 4.81. The zero-order chi connectivity index (χ0) is 19.3. The highest BCUT2D eigenvalue weighted by molar-refractivity contribution is 7.09. The minimum absolute atomic E-state index is 0.153. The predicted octanol–water partition coefficient (Wildman–Crippen LogP) is 3.26. The minimum atomic E-state index is -0.416. The fourth-order valence-corrected chi connectivity index (χ4v) is 3.20. The lowest BCUT2D eigenvalue weighted by molar-refractivity contribution is 0.0601. The van der Waals surface area contributed by atoms with Crippen LogP contribution in [0.5, 0.6) is 0 Å². The Hall–Kier alpha value is -2.61. The maximum Gasteiger partial charge on any atom is 0.337 e. The number of anilines is 2. The molecule has 0 bridgehead atoms. The van der Waals surface area contributed by atoms with Gasteiger partial charge < -0.3 is 19.9 Å². The molecule has 140 valence electrons. The molecule has 0 spiro atoms. The normalized spacial score (nSPS) is 11.6. The molecule has 2 amide bonds. The maximum absolute atomic E-state index is 12.6. The van der Waals surface area contributed by atoms with Crippen LogP contribution >= 0.6 is 11.3 Å². The van der Waals surface area contributed by atoms with Gasteiger partial charge in [-0.05, 0) is 18.2 Å². The van der Waals surface area contributed by atoms with Gasteiger partial charge in [0, 0.05) is 45.2 Å². The number of ether oxygens (including phenoxy) is 1. The van der Waals surface area contributed by atoms with E-state index < -0.39 is 5.97 Å². The number of hydrogen-bond acceptors (Lipinski definition) is 6. The Kier molecular flexibility index (Phi) is 6.57. The molecule has 0 fully saturated rings. The molecule has 0 radical (unpaired) electrons. The molecule has 1 atom stereocenters. The third-order valence-electron chi connectivity index (χ3n) is 3.91. The van der Waals surface area contributed by atoms with Gasteiger partial charge in [-0.25, -0.2) is 14.6 Å². The molecule has 0 saturated carbocycles. The van der Waals surface area contributed by atoms with Crippen molar-refractivity contribution in [1.29, 1.82) is 0 Å². The molecule has 0 aliphatic heterocycles. The van der Waals surface area contributed by atoms with Gasteiger partial charge in [0.2, 0.25) is 0 Å². The largest absolute Gasteiger partial charge is 0.465 e. The topological polar surface area (TPSA) is 74.8 Å². The Morgan fingerprint density at radius 1 is 1.31 bits per heavy atom. The maximum atomic E-state index is 12.6. The van der Waals surface area contributed by atoms with Crippen molar-refractivity contribution in [3.05, 3.63) is 40.3 Å². The van der Waals surface area contributed by atoms with Gasteiger partial charge in [0.05, 0.1) is 29.1 Å². The summed E-state index contributed by atoms with van der Waals surface area (Å²) in [7, 11) is 6.78. The Balaban J connectivity index is 2.11. The van der Waals surface area contributed by atoms with Crippen molar-refractivity contribution in [2.45, 2.75) is 12.8 Å². The van der Waals surface area contributed by atoms with Crippen LogP contribution < -0.4 is 10.2 Å². The van der Waals surface area contributed by atoms with Crippen LogP contribution in [0.4, 0.5) is 16.2 Å². The van der Waals surface area contributed by atoms with Gasteiger partial charge in [-0.3, -0.25) is 0 Å². The van der Waals surface area contributed by atoms with Crippen molar-refractivity contribution in [3.8, 4) is 0 Å². The van der Waals surface area contributed by atoms with E-state index >= 15 is 0 Å². The van der Waals surface area contributed by atoms with Gasteiger partial charge in [0.1, 0.15) is 0 Å². The van der Waals surface area contributed by atoms with E-state index in [0.29, 0.717) is 17.8 Å². The molecule has 1 unspecified atom stereocenters. The number of methoxy groups -OCH3 is 1. The lowest BCUT2D eigenvalue weighted by Gasteiger charge is -2.23. The van der Waals surface area contributed by atoms with Crippen LogP contribution in [0.15, 0.2) is 29.8 Å². The van der Waals surface area contributed by atoms with E-state index in [1.165, 1.54) is 7.11 Å². The third kappa shape index (κ3) is 4.72. The first-order valence-electron chi connectivity index (χ1n) is 8.14. The number of rotatable bonds is 6. The number of carbonyl (C=O) groups is 2. The smallest absolute Gasteiger partial charge is 0.337 e. The van der Waals surface area contributed by atoms with E-state index in [1.807, 2.05) is 31.3 Å². The van der Waals surface area contributed by atoms with Crippen LogP contribution in [0.25, 0.3) is 0 Å². The van der Waals surface area contributed by atoms with Crippen LogP contribution in [0.2, 0.25) is 0 Å². The van der Waals surface area contributed by atoms with E-state index in [2.05, 4.69) is 10.3 Å². The molecule has 0 aliphatic carbocycles. The van der Waals surface area contributed by atoms with Crippen LogP contribution in [0, 0.1) is 0 Å². The van der Waals surface area contributed by atoms with Crippen LogP contribution in [0.3, 0.4) is 0 Å². The fourth-order valence-electron chi connectivity index (χ4n) is 2.51. The number of nitrogens with zero attached hydrogens (tertiary/aromatic N) is 3. The molecule has 1 heterocycles. The first kappa shape index (κ1) is 19.7. The Bertz CT molecular complexity index is 762. The zero-order valence-electron chi connectivity index (χ0n) is 15.6. The van der Waals surface area contributed by atoms with E-state index in [-0.39, 0.29) is 11.9 Å². The molecule has 1 aromatic carbocycles. The second-order valence-electron chi connectivity index (χ2n) is 6.20. The number of amides is 2. The number of nitrogens with one attached hydrogen (secondary N) is 1. The molecule has 1 N–H and O–H groups in total. The SMILES string of the molecule is COC(=O)c1ccc(NC(=O)N(C)CC(C)c2nccs2)c(N(C)C)c1. The van der Waals surface area contributed by atoms with Gasteiger partial charge in [-0.15, -0.1) is 11.3 Å². The van der Waals surface area contributed by atoms with E-state index in [0.717, 1.165) is 10.7 Å². The number of benzene rings is 1. The number of aromatic nitrogens is 1. The average molecular weight is 376 g/mol. The van der Waals surface area contributed by atoms with Crippen molar-refractivity contribution in [2.75, 3.05) is 45.0 Å². The highest BCUT2D eigenvalue weighted by Crippen LogP contribution is 2.27. The van der Waals surface area contributed by atoms with Gasteiger partial charge in [-0.2, -0.15) is 0 Å². The lowest BCUT2D eigenvalue weighted by atomic mass is 10.1. The van der Waals surface area contributed by atoms with Crippen LogP contribution in [-0.2, 0) is 4.74 Å². The summed E-state index contributed by atoms with van der Waals surface area (Å²) in [5.41, 5.74) is 1.78. The summed E-state index contributed by atoms with van der Waals surface area (Å²) >= 11 is 1.58. The molecule has 2 aromatic rings. The van der Waals surface area contributed by atoms with E-state index in [4.69, 9.17) is 4.74 Å². The van der Waals surface area contributed by atoms with E-state index in [1.54, 1.807) is 47.7 Å². The minimum Gasteiger partial charge on any atom is -0.465 e. The van der Waals surface area contributed by atoms with Crippen molar-refractivity contribution in [2.24, 2.45) is 0 Å². The standard InChI is InChI=1S/C18H24N4O3S/c1-12(16-19-8-9-26-16)11-22(4)18(24)20-14-7-6-13(17(23)25-5)10-15(14)21(2)3/h6-10,12H,11H2,1-5H3,(H,20,24). The molecule has 2 rings (SSSR count). The summed E-state index contributed by atoms with van der Waals surface area (Å²) in [6.07, 6.45) is 1.77. The van der Waals surface area contributed by atoms with Gasteiger partial charge in [0.15, 0.2) is 0 Å². The van der Waals surface area contributed by atoms with Crippen LogP contribution in [-0.4, -0.2) is 56.7 Å². The molecule has 1 aromatic heterocycles. The number of esters is 1. The molecule has 8 heteroatoms. The summed E-state index contributed by atoms with van der Waals surface area (Å²) in [4.78, 5) is 32.0. The number of likely N-dealkylation sites (N-methyl/N-ethyl adjacent to an activating group) is 1. The molecule has 0 aliphatic rings. The number of carbonyl (C=O) groups excluding carboxylic acids is 2. The highest BCUT2D eigenvalue weighted by atomic mass is 32.1. The number of thiazole rings is 1. The Morgan fingerprint density at radius 3 is 2.62 bits per heavy atom. The van der Waals surface area contributed by atoms with Gasteiger partial charge in [-0.1, -0.05) is 6.92 Å². The quantitative estimate of drug-likeness (QED) is 0.783. The van der Waals surface area contributed by atoms with Crippen molar-refractivity contribution in [1.82, 2.24) is 9.88 Å². The number of urea groups is 1. The van der Waals surface area contributed by atoms with Crippen molar-refractivity contribution >= 4 is 34.7 Å². The predicted molar refractivity (Wildman–Crippen MR) is 104 cm³/mol. The Labute approximate surface area is 157 Å². The summed E-state index contributed by atoms with van der Waals surface area (Å²) in [6.45, 7) is 2.59. The Morgan fingerprint density at radius 2 is 2.04 bits per heavy atom. The van der Waals surface area contributed by atoms with Crippen molar-refractivity contribution < 1.29 is 14.3 Å². The lowest BCUT2D eigenvalue weighted by Crippen LogP contribution is -2.34. The summed E-state index contributed by atoms with van der Waals surface area (Å²) in [5.74, 6) is -0.263. The zero-order valence-corrected chi connectivity index (χ0v) is 16.5. The average Bonchev–Trinajstić information content (AvgIpc) is 3.15. The van der Waals surface area contributed by atoms with Gasteiger partial charge >= 0.3 is 12.0 Å². The second-order valence-corrected chi connectivity index (χ2v) is 7.13. The first-order chi connectivity index (χ1) is 12.3. The van der Waals surface area contributed by atoms with Crippen molar-refractivity contribution in [3.63, 3.8) is 0 Å². The highest BCUT2D eigenvalue weighted by Gasteiger charge is 2.18. The number of hydrogen-bond donors (Lipinski definition) is 1. The van der Waals surface area contributed by atoms with Gasteiger partial charge in [0.25, 0.3) is 0 Å². The molecule has 26 heavy (non-hydrogen) atoms. The molecule has 7 nitrogen and oxygen atoms in total.